The summed E-state index contributed by atoms with van der Waals surface area (Å²) < 4.78 is 2.08. The molecule has 0 amide bonds. The minimum absolute atomic E-state index is 0.113. The number of aryl methyl sites for hydroxylation is 1. The molecule has 1 saturated carbocycles. The zero-order valence-electron chi connectivity index (χ0n) is 11.3. The van der Waals surface area contributed by atoms with Gasteiger partial charge in [0.1, 0.15) is 11.9 Å². The fourth-order valence-corrected chi connectivity index (χ4v) is 2.87. The quantitative estimate of drug-likeness (QED) is 0.892. The van der Waals surface area contributed by atoms with E-state index in [1.165, 1.54) is 5.56 Å². The van der Waals surface area contributed by atoms with Crippen molar-refractivity contribution < 1.29 is 5.11 Å². The molecule has 1 fully saturated rings. The van der Waals surface area contributed by atoms with Crippen LogP contribution in [0.4, 0.5) is 0 Å². The first kappa shape index (κ1) is 12.4. The number of rotatable bonds is 5. The topological polar surface area (TPSA) is 38.0 Å². The second-order valence-corrected chi connectivity index (χ2v) is 5.40. The summed E-state index contributed by atoms with van der Waals surface area (Å²) in [6.45, 7) is 3.05. The van der Waals surface area contributed by atoms with Gasteiger partial charge >= 0.3 is 0 Å². The molecule has 1 aromatic carbocycles. The lowest BCUT2D eigenvalue weighted by molar-refractivity contribution is 0.119. The lowest BCUT2D eigenvalue weighted by Crippen LogP contribution is -2.22. The van der Waals surface area contributed by atoms with Crippen molar-refractivity contribution in [2.75, 3.05) is 0 Å². The van der Waals surface area contributed by atoms with E-state index in [-0.39, 0.29) is 5.41 Å². The highest BCUT2D eigenvalue weighted by atomic mass is 16.3. The molecule has 19 heavy (non-hydrogen) atoms. The van der Waals surface area contributed by atoms with E-state index in [9.17, 15) is 5.11 Å². The minimum atomic E-state index is -0.503. The molecule has 0 bridgehead atoms. The van der Waals surface area contributed by atoms with Crippen molar-refractivity contribution in [3.05, 3.63) is 54.1 Å². The van der Waals surface area contributed by atoms with E-state index in [2.05, 4.69) is 28.6 Å². The van der Waals surface area contributed by atoms with E-state index in [4.69, 9.17) is 0 Å². The van der Waals surface area contributed by atoms with E-state index in [1.807, 2.05) is 24.4 Å². The summed E-state index contributed by atoms with van der Waals surface area (Å²) in [5.74, 6) is 0.809. The van der Waals surface area contributed by atoms with Gasteiger partial charge in [0.05, 0.1) is 0 Å². The van der Waals surface area contributed by atoms with Crippen LogP contribution >= 0.6 is 0 Å². The van der Waals surface area contributed by atoms with Crippen molar-refractivity contribution in [2.45, 2.75) is 44.2 Å². The fraction of sp³-hybridized carbons (Fsp3) is 0.438. The minimum Gasteiger partial charge on any atom is -0.384 e. The summed E-state index contributed by atoms with van der Waals surface area (Å²) in [6.07, 6.45) is 6.37. The highest BCUT2D eigenvalue weighted by Crippen LogP contribution is 2.56. The third-order valence-corrected chi connectivity index (χ3v) is 4.12. The second-order valence-electron chi connectivity index (χ2n) is 5.40. The highest BCUT2D eigenvalue weighted by Gasteiger charge is 2.52. The third-order valence-electron chi connectivity index (χ3n) is 4.12. The van der Waals surface area contributed by atoms with E-state index < -0.39 is 6.10 Å². The van der Waals surface area contributed by atoms with Gasteiger partial charge < -0.3 is 9.67 Å². The Morgan fingerprint density at radius 2 is 2.05 bits per heavy atom. The third kappa shape index (κ3) is 2.08. The number of hydrogen-bond acceptors (Lipinski definition) is 2. The van der Waals surface area contributed by atoms with Crippen LogP contribution in [0.1, 0.15) is 43.7 Å². The largest absolute Gasteiger partial charge is 0.384 e. The Hall–Kier alpha value is -1.61. The summed E-state index contributed by atoms with van der Waals surface area (Å²) in [7, 11) is 0. The zero-order chi connectivity index (χ0) is 13.3. The first-order chi connectivity index (χ1) is 9.28. The number of nitrogens with zero attached hydrogens (tertiary/aromatic N) is 2. The van der Waals surface area contributed by atoms with Gasteiger partial charge in [-0.1, -0.05) is 37.3 Å². The number of imidazole rings is 1. The molecule has 1 atom stereocenters. The Kier molecular flexibility index (Phi) is 3.15. The van der Waals surface area contributed by atoms with Crippen LogP contribution in [0, 0.1) is 0 Å². The van der Waals surface area contributed by atoms with Gasteiger partial charge in [-0.15, -0.1) is 0 Å². The Morgan fingerprint density at radius 1 is 1.32 bits per heavy atom. The summed E-state index contributed by atoms with van der Waals surface area (Å²) in [5.41, 5.74) is 1.12. The van der Waals surface area contributed by atoms with E-state index in [1.54, 1.807) is 6.20 Å². The molecule has 1 aromatic heterocycles. The van der Waals surface area contributed by atoms with E-state index in [0.717, 1.165) is 31.6 Å². The molecule has 3 rings (SSSR count). The van der Waals surface area contributed by atoms with Crippen LogP contribution in [0.2, 0.25) is 0 Å². The molecule has 1 aliphatic carbocycles. The number of aliphatic hydroxyl groups excluding tert-OH is 1. The molecule has 3 heteroatoms. The van der Waals surface area contributed by atoms with Crippen molar-refractivity contribution in [2.24, 2.45) is 0 Å². The standard InChI is InChI=1S/C16H20N2O/c1-2-11-18-12-10-17-15(18)14(19)16(8-9-16)13-6-4-3-5-7-13/h3-7,10,12,14,19H,2,8-9,11H2,1H3. The maximum atomic E-state index is 10.8. The predicted molar refractivity (Wildman–Crippen MR) is 74.8 cm³/mol. The van der Waals surface area contributed by atoms with Crippen molar-refractivity contribution in [3.63, 3.8) is 0 Å². The number of aliphatic hydroxyl groups is 1. The predicted octanol–water partition coefficient (Wildman–Crippen LogP) is 3.06. The first-order valence-electron chi connectivity index (χ1n) is 7.02. The van der Waals surface area contributed by atoms with Crippen molar-refractivity contribution in [1.82, 2.24) is 9.55 Å². The van der Waals surface area contributed by atoms with Crippen LogP contribution < -0.4 is 0 Å². The van der Waals surface area contributed by atoms with Gasteiger partial charge in [-0.05, 0) is 24.8 Å². The molecule has 0 spiro atoms. The molecule has 1 N–H and O–H groups in total. The van der Waals surface area contributed by atoms with Crippen LogP contribution in [0.15, 0.2) is 42.7 Å². The molecule has 1 unspecified atom stereocenters. The van der Waals surface area contributed by atoms with E-state index in [0.29, 0.717) is 0 Å². The molecule has 2 aromatic rings. The lowest BCUT2D eigenvalue weighted by Gasteiger charge is -2.23. The van der Waals surface area contributed by atoms with Crippen molar-refractivity contribution in [3.8, 4) is 0 Å². The van der Waals surface area contributed by atoms with Gasteiger partial charge in [0.2, 0.25) is 0 Å². The summed E-state index contributed by atoms with van der Waals surface area (Å²) in [4.78, 5) is 4.38. The number of hydrogen-bond donors (Lipinski definition) is 1. The second kappa shape index (κ2) is 4.82. The molecular formula is C16H20N2O. The lowest BCUT2D eigenvalue weighted by atomic mass is 9.89. The van der Waals surface area contributed by atoms with Gasteiger partial charge in [-0.2, -0.15) is 0 Å². The molecular weight excluding hydrogens is 236 g/mol. The molecule has 3 nitrogen and oxygen atoms in total. The van der Waals surface area contributed by atoms with Crippen molar-refractivity contribution in [1.29, 1.82) is 0 Å². The summed E-state index contributed by atoms with van der Waals surface area (Å²) >= 11 is 0. The smallest absolute Gasteiger partial charge is 0.138 e. The zero-order valence-corrected chi connectivity index (χ0v) is 11.3. The number of benzene rings is 1. The maximum Gasteiger partial charge on any atom is 0.138 e. The van der Waals surface area contributed by atoms with Crippen LogP contribution in [-0.2, 0) is 12.0 Å². The number of aromatic nitrogens is 2. The Morgan fingerprint density at radius 3 is 2.68 bits per heavy atom. The normalized spacial score (nSPS) is 18.2. The average Bonchev–Trinajstić information content (AvgIpc) is 3.14. The Balaban J connectivity index is 1.91. The Labute approximate surface area is 113 Å². The molecule has 0 radical (unpaired) electrons. The Bertz CT molecular complexity index is 543. The van der Waals surface area contributed by atoms with Gasteiger partial charge in [0, 0.05) is 24.4 Å². The fourth-order valence-electron chi connectivity index (χ4n) is 2.87. The van der Waals surface area contributed by atoms with Gasteiger partial charge in [0.15, 0.2) is 0 Å². The van der Waals surface area contributed by atoms with Gasteiger partial charge in [0.25, 0.3) is 0 Å². The molecule has 1 heterocycles. The maximum absolute atomic E-state index is 10.8. The van der Waals surface area contributed by atoms with Crippen LogP contribution in [0.25, 0.3) is 0 Å². The van der Waals surface area contributed by atoms with Crippen LogP contribution in [0.3, 0.4) is 0 Å². The van der Waals surface area contributed by atoms with E-state index >= 15 is 0 Å². The molecule has 0 saturated heterocycles. The summed E-state index contributed by atoms with van der Waals surface area (Å²) in [6, 6.07) is 10.3. The SMILES string of the molecule is CCCn1ccnc1C(O)C1(c2ccccc2)CC1. The monoisotopic (exact) mass is 256 g/mol. The molecule has 100 valence electrons. The van der Waals surface area contributed by atoms with Gasteiger partial charge in [-0.25, -0.2) is 4.98 Å². The molecule has 0 aliphatic heterocycles. The van der Waals surface area contributed by atoms with Crippen molar-refractivity contribution >= 4 is 0 Å². The van der Waals surface area contributed by atoms with Gasteiger partial charge in [-0.3, -0.25) is 0 Å². The summed E-state index contributed by atoms with van der Waals surface area (Å²) in [5, 5.41) is 10.8. The van der Waals surface area contributed by atoms with Crippen LogP contribution in [-0.4, -0.2) is 14.7 Å². The molecule has 1 aliphatic rings. The highest BCUT2D eigenvalue weighted by molar-refractivity contribution is 5.34. The first-order valence-corrected chi connectivity index (χ1v) is 7.02. The van der Waals surface area contributed by atoms with Crippen LogP contribution in [0.5, 0.6) is 0 Å². The average molecular weight is 256 g/mol.